The van der Waals surface area contributed by atoms with Gasteiger partial charge >= 0.3 is 0 Å². The first-order chi connectivity index (χ1) is 9.40. The summed E-state index contributed by atoms with van der Waals surface area (Å²) in [4.78, 5) is 6.12. The molecule has 1 fully saturated rings. The lowest BCUT2D eigenvalue weighted by molar-refractivity contribution is 0.260. The second-order valence-corrected chi connectivity index (χ2v) is 7.90. The summed E-state index contributed by atoms with van der Waals surface area (Å²) in [5, 5.41) is -0.0190. The van der Waals surface area contributed by atoms with E-state index >= 15 is 0 Å². The zero-order chi connectivity index (χ0) is 14.8. The summed E-state index contributed by atoms with van der Waals surface area (Å²) in [6.45, 7) is 4.45. The number of likely N-dealkylation sites (tertiary alicyclic amines) is 1. The van der Waals surface area contributed by atoms with Crippen molar-refractivity contribution in [3.8, 4) is 0 Å². The van der Waals surface area contributed by atoms with E-state index in [1.54, 1.807) is 0 Å². The van der Waals surface area contributed by atoms with E-state index in [2.05, 4.69) is 30.5 Å². The highest BCUT2D eigenvalue weighted by molar-refractivity contribution is 9.10. The quantitative estimate of drug-likeness (QED) is 0.794. The molecule has 20 heavy (non-hydrogen) atoms. The summed E-state index contributed by atoms with van der Waals surface area (Å²) in [7, 11) is -3.64. The zero-order valence-electron chi connectivity index (χ0n) is 11.1. The highest BCUT2D eigenvalue weighted by Crippen LogP contribution is 2.22. The Morgan fingerprint density at radius 1 is 1.50 bits per heavy atom. The number of nitrogens with one attached hydrogen (secondary N) is 1. The largest absolute Gasteiger partial charge is 0.299 e. The maximum absolute atomic E-state index is 12.2. The number of sulfonamides is 1. The van der Waals surface area contributed by atoms with E-state index < -0.39 is 10.0 Å². The van der Waals surface area contributed by atoms with Crippen LogP contribution < -0.4 is 4.72 Å². The van der Waals surface area contributed by atoms with Crippen LogP contribution in [0.25, 0.3) is 0 Å². The summed E-state index contributed by atoms with van der Waals surface area (Å²) in [6.07, 6.45) is 3.82. The molecule has 0 spiro atoms. The molecule has 1 unspecified atom stereocenters. The Morgan fingerprint density at radius 2 is 2.15 bits per heavy atom. The minimum Gasteiger partial charge on any atom is -0.299 e. The van der Waals surface area contributed by atoms with E-state index in [1.807, 2.05) is 6.92 Å². The Kier molecular flexibility index (Phi) is 5.42. The molecule has 1 aromatic rings. The van der Waals surface area contributed by atoms with Crippen LogP contribution in [0.1, 0.15) is 19.8 Å². The lowest BCUT2D eigenvalue weighted by atomic mass is 10.3. The Morgan fingerprint density at radius 3 is 2.80 bits per heavy atom. The van der Waals surface area contributed by atoms with Gasteiger partial charge in [-0.05, 0) is 54.9 Å². The van der Waals surface area contributed by atoms with Crippen LogP contribution >= 0.6 is 27.5 Å². The average Bonchev–Trinajstić information content (AvgIpc) is 2.93. The van der Waals surface area contributed by atoms with Gasteiger partial charge in [0.2, 0.25) is 10.0 Å². The highest BCUT2D eigenvalue weighted by atomic mass is 79.9. The molecule has 0 saturated carbocycles. The summed E-state index contributed by atoms with van der Waals surface area (Å²) < 4.78 is 27.7. The third-order valence-corrected chi connectivity index (χ3v) is 5.68. The average molecular weight is 383 g/mol. The predicted molar refractivity (Wildman–Crippen MR) is 82.4 cm³/mol. The topological polar surface area (TPSA) is 62.3 Å². The predicted octanol–water partition coefficient (Wildman–Crippen LogP) is 2.26. The SMILES string of the molecule is CC(CNS(=O)(=O)c1cc(Br)cnc1Cl)N1CCCC1. The molecule has 5 nitrogen and oxygen atoms in total. The van der Waals surface area contributed by atoms with Crippen LogP contribution in [0.5, 0.6) is 0 Å². The fourth-order valence-electron chi connectivity index (χ4n) is 2.21. The van der Waals surface area contributed by atoms with Gasteiger partial charge in [-0.25, -0.2) is 18.1 Å². The Bertz CT molecular complexity index is 576. The molecule has 8 heteroatoms. The number of hydrogen-bond acceptors (Lipinski definition) is 4. The summed E-state index contributed by atoms with van der Waals surface area (Å²) in [5.41, 5.74) is 0. The molecular formula is C12H17BrClN3O2S. The third-order valence-electron chi connectivity index (χ3n) is 3.40. The van der Waals surface area contributed by atoms with E-state index in [1.165, 1.54) is 25.1 Å². The van der Waals surface area contributed by atoms with Gasteiger partial charge in [-0.15, -0.1) is 0 Å². The van der Waals surface area contributed by atoms with Crippen LogP contribution in [0, 0.1) is 0 Å². The third kappa shape index (κ3) is 3.92. The second-order valence-electron chi connectivity index (χ2n) is 4.89. The van der Waals surface area contributed by atoms with Crippen LogP contribution in [0.3, 0.4) is 0 Å². The smallest absolute Gasteiger partial charge is 0.243 e. The molecule has 0 radical (unpaired) electrons. The first-order valence-electron chi connectivity index (χ1n) is 6.45. The molecule has 1 N–H and O–H groups in total. The van der Waals surface area contributed by atoms with Gasteiger partial charge in [-0.3, -0.25) is 4.90 Å². The van der Waals surface area contributed by atoms with Crippen molar-refractivity contribution in [2.45, 2.75) is 30.7 Å². The molecule has 112 valence electrons. The minimum atomic E-state index is -3.64. The maximum Gasteiger partial charge on any atom is 0.243 e. The normalized spacial score (nSPS) is 18.4. The Hall–Kier alpha value is -0.210. The van der Waals surface area contributed by atoms with Gasteiger partial charge in [0.15, 0.2) is 0 Å². The van der Waals surface area contributed by atoms with E-state index in [-0.39, 0.29) is 16.1 Å². The van der Waals surface area contributed by atoms with Gasteiger partial charge in [0.1, 0.15) is 10.0 Å². The van der Waals surface area contributed by atoms with E-state index in [0.717, 1.165) is 13.1 Å². The first-order valence-corrected chi connectivity index (χ1v) is 9.10. The van der Waals surface area contributed by atoms with Gasteiger partial charge in [-0.2, -0.15) is 0 Å². The molecule has 1 atom stereocenters. The van der Waals surface area contributed by atoms with Crippen molar-refractivity contribution >= 4 is 37.6 Å². The number of nitrogens with zero attached hydrogens (tertiary/aromatic N) is 2. The van der Waals surface area contributed by atoms with Crippen molar-refractivity contribution in [2.75, 3.05) is 19.6 Å². The summed E-state index contributed by atoms with van der Waals surface area (Å²) in [5.74, 6) is 0. The van der Waals surface area contributed by atoms with Gasteiger partial charge in [0.05, 0.1) is 0 Å². The standard InChI is InChI=1S/C12H17BrClN3O2S/c1-9(17-4-2-3-5-17)7-16-20(18,19)11-6-10(13)8-15-12(11)14/h6,8-9,16H,2-5,7H2,1H3. The molecular weight excluding hydrogens is 366 g/mol. The fourth-order valence-corrected chi connectivity index (χ4v) is 4.28. The Balaban J connectivity index is 2.05. The fraction of sp³-hybridized carbons (Fsp3) is 0.583. The first kappa shape index (κ1) is 16.2. The van der Waals surface area contributed by atoms with Crippen LogP contribution in [0.4, 0.5) is 0 Å². The summed E-state index contributed by atoms with van der Waals surface area (Å²) >= 11 is 9.06. The number of aromatic nitrogens is 1. The minimum absolute atomic E-state index is 0.00200. The van der Waals surface area contributed by atoms with Gasteiger partial charge in [0, 0.05) is 23.3 Å². The van der Waals surface area contributed by atoms with Crippen molar-refractivity contribution in [1.82, 2.24) is 14.6 Å². The molecule has 0 bridgehead atoms. The van der Waals surface area contributed by atoms with Gasteiger partial charge < -0.3 is 0 Å². The lowest BCUT2D eigenvalue weighted by Crippen LogP contribution is -2.40. The van der Waals surface area contributed by atoms with Gasteiger partial charge in [0.25, 0.3) is 0 Å². The van der Waals surface area contributed by atoms with Crippen LogP contribution in [0.2, 0.25) is 5.15 Å². The zero-order valence-corrected chi connectivity index (χ0v) is 14.3. The van der Waals surface area contributed by atoms with Crippen molar-refractivity contribution in [2.24, 2.45) is 0 Å². The van der Waals surface area contributed by atoms with Crippen molar-refractivity contribution in [1.29, 1.82) is 0 Å². The summed E-state index contributed by atoms with van der Waals surface area (Å²) in [6, 6.07) is 1.63. The molecule has 2 rings (SSSR count). The van der Waals surface area contributed by atoms with Crippen molar-refractivity contribution in [3.63, 3.8) is 0 Å². The van der Waals surface area contributed by atoms with Crippen LogP contribution in [-0.4, -0.2) is 44.0 Å². The number of pyridine rings is 1. The van der Waals surface area contributed by atoms with Crippen molar-refractivity contribution < 1.29 is 8.42 Å². The molecule has 1 aliphatic heterocycles. The van der Waals surface area contributed by atoms with E-state index in [4.69, 9.17) is 11.6 Å². The maximum atomic E-state index is 12.2. The van der Waals surface area contributed by atoms with Crippen LogP contribution in [0.15, 0.2) is 21.6 Å². The molecule has 1 aromatic heterocycles. The monoisotopic (exact) mass is 381 g/mol. The molecule has 1 saturated heterocycles. The van der Waals surface area contributed by atoms with Crippen LogP contribution in [-0.2, 0) is 10.0 Å². The molecule has 0 aliphatic carbocycles. The molecule has 1 aliphatic rings. The molecule has 0 aromatic carbocycles. The molecule has 2 heterocycles. The van der Waals surface area contributed by atoms with Crippen molar-refractivity contribution in [3.05, 3.63) is 21.9 Å². The number of rotatable bonds is 5. The lowest BCUT2D eigenvalue weighted by Gasteiger charge is -2.23. The molecule has 0 amide bonds. The number of hydrogen-bond donors (Lipinski definition) is 1. The second kappa shape index (κ2) is 6.70. The Labute approximate surface area is 132 Å². The van der Waals surface area contributed by atoms with Gasteiger partial charge in [-0.1, -0.05) is 11.6 Å². The van der Waals surface area contributed by atoms with E-state index in [0.29, 0.717) is 11.0 Å². The number of halogens is 2. The van der Waals surface area contributed by atoms with E-state index in [9.17, 15) is 8.42 Å². The highest BCUT2D eigenvalue weighted by Gasteiger charge is 2.23.